The molecule has 1 aromatic heterocycles. The highest BCUT2D eigenvalue weighted by Crippen LogP contribution is 2.24. The molecule has 2 rings (SSSR count). The fourth-order valence-corrected chi connectivity index (χ4v) is 1.77. The molecule has 1 aromatic carbocycles. The first-order valence-electron chi connectivity index (χ1n) is 5.74. The van der Waals surface area contributed by atoms with E-state index >= 15 is 0 Å². The average Bonchev–Trinajstić information content (AvgIpc) is 2.91. The van der Waals surface area contributed by atoms with E-state index in [0.717, 1.165) is 12.2 Å². The van der Waals surface area contributed by atoms with Gasteiger partial charge in [-0.25, -0.2) is 4.39 Å². The van der Waals surface area contributed by atoms with Gasteiger partial charge in [-0.2, -0.15) is 5.26 Å². The number of furan rings is 1. The highest BCUT2D eigenvalue weighted by atomic mass is 19.1. The predicted octanol–water partition coefficient (Wildman–Crippen LogP) is 3.85. The maximum absolute atomic E-state index is 13.2. The standard InChI is InChI=1S/C14H13FN2O/c1-2-13(14-4-3-7-18-14)17-11-5-6-12(15)10(8-11)9-16/h3-8,13,17H,2H2,1H3. The van der Waals surface area contributed by atoms with E-state index in [9.17, 15) is 4.39 Å². The van der Waals surface area contributed by atoms with E-state index in [4.69, 9.17) is 9.68 Å². The third-order valence-corrected chi connectivity index (χ3v) is 2.72. The van der Waals surface area contributed by atoms with Gasteiger partial charge >= 0.3 is 0 Å². The molecule has 3 nitrogen and oxygen atoms in total. The molecule has 92 valence electrons. The molecule has 0 fully saturated rings. The van der Waals surface area contributed by atoms with Crippen molar-refractivity contribution in [3.05, 3.63) is 53.7 Å². The molecule has 1 unspecified atom stereocenters. The molecular formula is C14H13FN2O. The lowest BCUT2D eigenvalue weighted by molar-refractivity contribution is 0.474. The zero-order valence-electron chi connectivity index (χ0n) is 9.98. The zero-order chi connectivity index (χ0) is 13.0. The Morgan fingerprint density at radius 3 is 2.89 bits per heavy atom. The molecule has 0 amide bonds. The molecule has 0 aliphatic rings. The summed E-state index contributed by atoms with van der Waals surface area (Å²) >= 11 is 0. The topological polar surface area (TPSA) is 49.0 Å². The van der Waals surface area contributed by atoms with Crippen molar-refractivity contribution in [2.75, 3.05) is 5.32 Å². The number of rotatable bonds is 4. The van der Waals surface area contributed by atoms with Crippen LogP contribution in [0.4, 0.5) is 10.1 Å². The maximum atomic E-state index is 13.2. The lowest BCUT2D eigenvalue weighted by Gasteiger charge is -2.16. The Bertz CT molecular complexity index is 558. The summed E-state index contributed by atoms with van der Waals surface area (Å²) in [6, 6.07) is 9.94. The summed E-state index contributed by atoms with van der Waals surface area (Å²) in [4.78, 5) is 0. The second-order valence-electron chi connectivity index (χ2n) is 3.93. The van der Waals surface area contributed by atoms with Gasteiger partial charge in [-0.05, 0) is 36.8 Å². The lowest BCUT2D eigenvalue weighted by Crippen LogP contribution is -2.09. The Morgan fingerprint density at radius 2 is 2.28 bits per heavy atom. The summed E-state index contributed by atoms with van der Waals surface area (Å²) in [6.07, 6.45) is 2.44. The molecular weight excluding hydrogens is 231 g/mol. The molecule has 0 saturated heterocycles. The fourth-order valence-electron chi connectivity index (χ4n) is 1.77. The smallest absolute Gasteiger partial charge is 0.141 e. The summed E-state index contributed by atoms with van der Waals surface area (Å²) in [7, 11) is 0. The van der Waals surface area contributed by atoms with Gasteiger partial charge in [0.1, 0.15) is 17.6 Å². The van der Waals surface area contributed by atoms with Crippen molar-refractivity contribution < 1.29 is 8.81 Å². The van der Waals surface area contributed by atoms with Gasteiger partial charge in [-0.1, -0.05) is 6.92 Å². The third kappa shape index (κ3) is 2.51. The van der Waals surface area contributed by atoms with Gasteiger partial charge in [0, 0.05) is 5.69 Å². The number of nitrogens with one attached hydrogen (secondary N) is 1. The Hall–Kier alpha value is -2.28. The van der Waals surface area contributed by atoms with E-state index in [1.807, 2.05) is 25.1 Å². The lowest BCUT2D eigenvalue weighted by atomic mass is 10.1. The van der Waals surface area contributed by atoms with Crippen molar-refractivity contribution in [2.24, 2.45) is 0 Å². The number of nitriles is 1. The predicted molar refractivity (Wildman–Crippen MR) is 66.5 cm³/mol. The second kappa shape index (κ2) is 5.37. The van der Waals surface area contributed by atoms with Crippen LogP contribution < -0.4 is 5.32 Å². The number of nitrogens with zero attached hydrogens (tertiary/aromatic N) is 1. The van der Waals surface area contributed by atoms with Gasteiger partial charge < -0.3 is 9.73 Å². The average molecular weight is 244 g/mol. The molecule has 0 spiro atoms. The third-order valence-electron chi connectivity index (χ3n) is 2.72. The highest BCUT2D eigenvalue weighted by molar-refractivity contribution is 5.50. The van der Waals surface area contributed by atoms with Crippen LogP contribution in [0.2, 0.25) is 0 Å². The van der Waals surface area contributed by atoms with Crippen molar-refractivity contribution in [1.29, 1.82) is 5.26 Å². The Morgan fingerprint density at radius 1 is 1.44 bits per heavy atom. The van der Waals surface area contributed by atoms with Crippen molar-refractivity contribution in [2.45, 2.75) is 19.4 Å². The van der Waals surface area contributed by atoms with Gasteiger partial charge in [0.2, 0.25) is 0 Å². The van der Waals surface area contributed by atoms with E-state index in [1.54, 1.807) is 12.3 Å². The Labute approximate surface area is 105 Å². The molecule has 0 aliphatic heterocycles. The van der Waals surface area contributed by atoms with Gasteiger partial charge in [0.15, 0.2) is 0 Å². The summed E-state index contributed by atoms with van der Waals surface area (Å²) in [5.41, 5.74) is 0.741. The Kier molecular flexibility index (Phi) is 3.63. The summed E-state index contributed by atoms with van der Waals surface area (Å²) in [5, 5.41) is 12.0. The fraction of sp³-hybridized carbons (Fsp3) is 0.214. The SMILES string of the molecule is CCC(Nc1ccc(F)c(C#N)c1)c1ccco1. The van der Waals surface area contributed by atoms with Crippen LogP contribution >= 0.6 is 0 Å². The van der Waals surface area contributed by atoms with Gasteiger partial charge in [0.25, 0.3) is 0 Å². The van der Waals surface area contributed by atoms with Crippen LogP contribution in [0.1, 0.15) is 30.7 Å². The van der Waals surface area contributed by atoms with Crippen LogP contribution in [-0.4, -0.2) is 0 Å². The quantitative estimate of drug-likeness (QED) is 0.888. The van der Waals surface area contributed by atoms with Crippen LogP contribution in [-0.2, 0) is 0 Å². The van der Waals surface area contributed by atoms with Crippen LogP contribution in [0.25, 0.3) is 0 Å². The largest absolute Gasteiger partial charge is 0.467 e. The number of benzene rings is 1. The van der Waals surface area contributed by atoms with Crippen molar-refractivity contribution in [3.8, 4) is 6.07 Å². The minimum Gasteiger partial charge on any atom is -0.467 e. The first kappa shape index (κ1) is 12.2. The van der Waals surface area contributed by atoms with Crippen LogP contribution in [0.15, 0.2) is 41.0 Å². The molecule has 1 N–H and O–H groups in total. The van der Waals surface area contributed by atoms with Crippen molar-refractivity contribution >= 4 is 5.69 Å². The normalized spacial score (nSPS) is 11.8. The summed E-state index contributed by atoms with van der Waals surface area (Å²) in [5.74, 6) is 0.314. The monoisotopic (exact) mass is 244 g/mol. The molecule has 1 atom stereocenters. The molecule has 1 heterocycles. The molecule has 0 aliphatic carbocycles. The summed E-state index contributed by atoms with van der Waals surface area (Å²) in [6.45, 7) is 2.02. The van der Waals surface area contributed by atoms with Crippen LogP contribution in [0.3, 0.4) is 0 Å². The molecule has 0 radical (unpaired) electrons. The van der Waals surface area contributed by atoms with E-state index in [2.05, 4.69) is 5.32 Å². The Balaban J connectivity index is 2.20. The molecule has 18 heavy (non-hydrogen) atoms. The molecule has 0 bridgehead atoms. The molecule has 4 heteroatoms. The first-order chi connectivity index (χ1) is 8.74. The van der Waals surface area contributed by atoms with E-state index in [-0.39, 0.29) is 11.6 Å². The van der Waals surface area contributed by atoms with E-state index in [1.165, 1.54) is 12.1 Å². The maximum Gasteiger partial charge on any atom is 0.141 e. The molecule has 0 saturated carbocycles. The van der Waals surface area contributed by atoms with Crippen LogP contribution in [0, 0.1) is 17.1 Å². The van der Waals surface area contributed by atoms with Crippen LogP contribution in [0.5, 0.6) is 0 Å². The minimum absolute atomic E-state index is 0.0111. The second-order valence-corrected chi connectivity index (χ2v) is 3.93. The number of halogens is 1. The van der Waals surface area contributed by atoms with Gasteiger partial charge in [0.05, 0.1) is 17.9 Å². The van der Waals surface area contributed by atoms with Crippen molar-refractivity contribution in [3.63, 3.8) is 0 Å². The summed E-state index contributed by atoms with van der Waals surface area (Å²) < 4.78 is 18.5. The van der Waals surface area contributed by atoms with E-state index in [0.29, 0.717) is 5.69 Å². The number of hydrogen-bond acceptors (Lipinski definition) is 3. The van der Waals surface area contributed by atoms with Gasteiger partial charge in [-0.15, -0.1) is 0 Å². The number of anilines is 1. The first-order valence-corrected chi connectivity index (χ1v) is 5.74. The van der Waals surface area contributed by atoms with E-state index < -0.39 is 5.82 Å². The van der Waals surface area contributed by atoms with Crippen molar-refractivity contribution in [1.82, 2.24) is 0 Å². The molecule has 2 aromatic rings. The zero-order valence-corrected chi connectivity index (χ0v) is 9.98. The van der Waals surface area contributed by atoms with Gasteiger partial charge in [-0.3, -0.25) is 0 Å². The number of hydrogen-bond donors (Lipinski definition) is 1. The highest BCUT2D eigenvalue weighted by Gasteiger charge is 2.12. The minimum atomic E-state index is -0.505.